The number of rotatable bonds is 3. The minimum Gasteiger partial charge on any atom is -0.204 e. The van der Waals surface area contributed by atoms with Gasteiger partial charge in [-0.05, 0) is 17.4 Å². The molecule has 0 spiro atoms. The van der Waals surface area contributed by atoms with Crippen molar-refractivity contribution in [3.8, 4) is 22.3 Å². The highest BCUT2D eigenvalue weighted by Crippen LogP contribution is 2.52. The number of hydrogen-bond acceptors (Lipinski definition) is 0. The zero-order valence-electron chi connectivity index (χ0n) is 21.7. The van der Waals surface area contributed by atoms with Crippen molar-refractivity contribution in [2.24, 2.45) is 0 Å². The van der Waals surface area contributed by atoms with Gasteiger partial charge in [0.15, 0.2) is 87.3 Å². The first kappa shape index (κ1) is 31.9. The predicted molar refractivity (Wildman–Crippen MR) is 126 cm³/mol. The summed E-state index contributed by atoms with van der Waals surface area (Å²) in [6, 6.07) is -0.314. The zero-order chi connectivity index (χ0) is 33.7. The van der Waals surface area contributed by atoms with E-state index in [0.29, 0.717) is 0 Å². The third-order valence-electron chi connectivity index (χ3n) is 7.03. The van der Waals surface area contributed by atoms with Crippen molar-refractivity contribution in [3.05, 3.63) is 105 Å². The van der Waals surface area contributed by atoms with Gasteiger partial charge in [0.05, 0.1) is 11.1 Å². The number of halogens is 16. The summed E-state index contributed by atoms with van der Waals surface area (Å²) in [5, 5.41) is -7.87. The number of fused-ring (bicyclic) bond motifs is 3. The summed E-state index contributed by atoms with van der Waals surface area (Å²) >= 11 is 0. The maximum Gasteiger partial charge on any atom is 0.200 e. The van der Waals surface area contributed by atoms with E-state index in [4.69, 9.17) is 0 Å². The molecule has 0 aliphatic carbocycles. The molecule has 0 aliphatic heterocycles. The normalized spacial score (nSPS) is 12.0. The lowest BCUT2D eigenvalue weighted by Crippen LogP contribution is -2.12. The van der Waals surface area contributed by atoms with Crippen LogP contribution >= 0.6 is 0 Å². The van der Waals surface area contributed by atoms with Gasteiger partial charge in [-0.2, -0.15) is 0 Å². The van der Waals surface area contributed by atoms with E-state index in [1.54, 1.807) is 0 Å². The van der Waals surface area contributed by atoms with Crippen molar-refractivity contribution < 1.29 is 70.2 Å². The Bertz CT molecular complexity index is 2090. The summed E-state index contributed by atoms with van der Waals surface area (Å²) in [5.41, 5.74) is -10.8. The third-order valence-corrected chi connectivity index (χ3v) is 7.03. The topological polar surface area (TPSA) is 0 Å². The Morgan fingerprint density at radius 1 is 0.333 bits per heavy atom. The molecule has 0 aromatic heterocycles. The molecular formula is C29H8F16. The molecule has 0 amide bonds. The SMILES string of the molecule is CC(C)c1c(F)c(F)c(-c2c(-c3c(F)c(F)c(F)c(F)c3F)c3c(F)c(F)c(F)cc3c3c(F)c(F)c(F)c(F)c23)c(F)c1F. The van der Waals surface area contributed by atoms with E-state index in [-0.39, 0.29) is 6.07 Å². The van der Waals surface area contributed by atoms with Crippen LogP contribution in [0.1, 0.15) is 25.3 Å². The second kappa shape index (κ2) is 10.5. The van der Waals surface area contributed by atoms with Crippen LogP contribution < -0.4 is 0 Å². The van der Waals surface area contributed by atoms with Crippen LogP contribution in [0, 0.1) is 93.1 Å². The lowest BCUT2D eigenvalue weighted by atomic mass is 9.82. The van der Waals surface area contributed by atoms with Gasteiger partial charge in [-0.3, -0.25) is 0 Å². The highest BCUT2D eigenvalue weighted by molar-refractivity contribution is 6.22. The van der Waals surface area contributed by atoms with Gasteiger partial charge in [0.1, 0.15) is 0 Å². The van der Waals surface area contributed by atoms with Crippen molar-refractivity contribution in [1.82, 2.24) is 0 Å². The van der Waals surface area contributed by atoms with E-state index >= 15 is 39.5 Å². The Hall–Kier alpha value is -4.50. The van der Waals surface area contributed by atoms with Crippen LogP contribution in [0.4, 0.5) is 70.2 Å². The molecule has 16 heteroatoms. The molecule has 0 saturated carbocycles. The second-order valence-corrected chi connectivity index (χ2v) is 9.81. The van der Waals surface area contributed by atoms with Crippen molar-refractivity contribution in [2.75, 3.05) is 0 Å². The Morgan fingerprint density at radius 3 is 1.11 bits per heavy atom. The summed E-state index contributed by atoms with van der Waals surface area (Å²) in [4.78, 5) is 0. The first-order valence-electron chi connectivity index (χ1n) is 12.0. The van der Waals surface area contributed by atoms with E-state index in [1.165, 1.54) is 0 Å². The van der Waals surface area contributed by atoms with E-state index in [9.17, 15) is 30.7 Å². The summed E-state index contributed by atoms with van der Waals surface area (Å²) in [6.45, 7) is 1.98. The smallest absolute Gasteiger partial charge is 0.200 e. The van der Waals surface area contributed by atoms with Gasteiger partial charge in [0.2, 0.25) is 5.82 Å². The molecule has 0 saturated heterocycles. The highest BCUT2D eigenvalue weighted by atomic mass is 19.2. The average Bonchev–Trinajstić information content (AvgIpc) is 2.98. The quantitative estimate of drug-likeness (QED) is 0.0782. The molecule has 0 nitrogen and oxygen atoms in total. The van der Waals surface area contributed by atoms with Crippen molar-refractivity contribution in [3.63, 3.8) is 0 Å². The Balaban J connectivity index is 2.33. The van der Waals surface area contributed by atoms with Gasteiger partial charge < -0.3 is 0 Å². The molecule has 45 heavy (non-hydrogen) atoms. The predicted octanol–water partition coefficient (Wildman–Crippen LogP) is 10.7. The minimum absolute atomic E-state index is 0.314. The van der Waals surface area contributed by atoms with E-state index in [2.05, 4.69) is 0 Å². The van der Waals surface area contributed by atoms with E-state index < -0.39 is 148 Å². The molecule has 0 N–H and O–H groups in total. The van der Waals surface area contributed by atoms with Crippen LogP contribution in [0.2, 0.25) is 0 Å². The van der Waals surface area contributed by atoms with Crippen molar-refractivity contribution in [2.45, 2.75) is 19.8 Å². The molecule has 236 valence electrons. The molecule has 5 aromatic rings. The summed E-state index contributed by atoms with van der Waals surface area (Å²) in [7, 11) is 0. The molecular weight excluding hydrogens is 652 g/mol. The lowest BCUT2D eigenvalue weighted by Gasteiger charge is -2.23. The minimum atomic E-state index is -2.96. The van der Waals surface area contributed by atoms with Crippen LogP contribution in [0.3, 0.4) is 0 Å². The zero-order valence-corrected chi connectivity index (χ0v) is 21.7. The van der Waals surface area contributed by atoms with Crippen LogP contribution in [-0.4, -0.2) is 0 Å². The molecule has 5 aromatic carbocycles. The Kier molecular flexibility index (Phi) is 7.48. The highest BCUT2D eigenvalue weighted by Gasteiger charge is 2.38. The first-order chi connectivity index (χ1) is 20.9. The van der Waals surface area contributed by atoms with Gasteiger partial charge >= 0.3 is 0 Å². The fraction of sp³-hybridized carbons (Fsp3) is 0.103. The van der Waals surface area contributed by atoms with Gasteiger partial charge in [0, 0.05) is 32.8 Å². The van der Waals surface area contributed by atoms with Gasteiger partial charge in [-0.25, -0.2) is 70.2 Å². The summed E-state index contributed by atoms with van der Waals surface area (Å²) in [5.74, 6) is -44.9. The molecule has 0 radical (unpaired) electrons. The summed E-state index contributed by atoms with van der Waals surface area (Å²) in [6.07, 6.45) is 0. The monoisotopic (exact) mass is 660 g/mol. The second-order valence-electron chi connectivity index (χ2n) is 9.81. The first-order valence-corrected chi connectivity index (χ1v) is 12.0. The van der Waals surface area contributed by atoms with Crippen molar-refractivity contribution in [1.29, 1.82) is 0 Å². The Labute approximate surface area is 239 Å². The lowest BCUT2D eigenvalue weighted by molar-refractivity contribution is 0.381. The maximum atomic E-state index is 15.7. The van der Waals surface area contributed by atoms with Crippen LogP contribution in [0.25, 0.3) is 43.8 Å². The average molecular weight is 660 g/mol. The molecule has 0 unspecified atom stereocenters. The van der Waals surface area contributed by atoms with Crippen LogP contribution in [0.15, 0.2) is 6.07 Å². The van der Waals surface area contributed by atoms with Crippen LogP contribution in [0.5, 0.6) is 0 Å². The van der Waals surface area contributed by atoms with Gasteiger partial charge in [-0.15, -0.1) is 0 Å². The van der Waals surface area contributed by atoms with Gasteiger partial charge in [0.25, 0.3) is 0 Å². The molecule has 0 fully saturated rings. The molecule has 0 atom stereocenters. The molecule has 0 aliphatic rings. The van der Waals surface area contributed by atoms with E-state index in [1.807, 2.05) is 0 Å². The molecule has 0 bridgehead atoms. The maximum absolute atomic E-state index is 15.7. The summed E-state index contributed by atoms with van der Waals surface area (Å²) < 4.78 is 239. The van der Waals surface area contributed by atoms with Crippen LogP contribution in [-0.2, 0) is 0 Å². The number of hydrogen-bond donors (Lipinski definition) is 0. The standard InChI is InChI=1S/C29H8F16/c1-4(2)7-16(32)21(37)14(22(38)17(7)33)11-10(13-23(39)27(43)29(45)28(44)24(13)40)8-5(3-6(30)15(31)18(8)34)9-12(11)20(36)26(42)25(41)19(9)35/h3-4H,1-2H3. The third kappa shape index (κ3) is 4.16. The largest absolute Gasteiger partial charge is 0.204 e. The fourth-order valence-corrected chi connectivity index (χ4v) is 5.11. The molecule has 5 rings (SSSR count). The van der Waals surface area contributed by atoms with Crippen molar-refractivity contribution >= 4 is 21.5 Å². The number of benzene rings is 5. The van der Waals surface area contributed by atoms with E-state index in [0.717, 1.165) is 13.8 Å². The van der Waals surface area contributed by atoms with Gasteiger partial charge in [-0.1, -0.05) is 13.8 Å². The fourth-order valence-electron chi connectivity index (χ4n) is 5.11. The Morgan fingerprint density at radius 2 is 0.667 bits per heavy atom. The molecule has 0 heterocycles.